The molecule has 0 aromatic heterocycles. The van der Waals surface area contributed by atoms with Gasteiger partial charge in [-0.3, -0.25) is 0 Å². The zero-order valence-corrected chi connectivity index (χ0v) is 15.2. The smallest absolute Gasteiger partial charge is 0.0461 e. The van der Waals surface area contributed by atoms with E-state index in [1.54, 1.807) is 0 Å². The maximum atomic E-state index is 6.19. The molecule has 2 rings (SSSR count). The Kier molecular flexibility index (Phi) is 7.77. The summed E-state index contributed by atoms with van der Waals surface area (Å²) >= 11 is 14.3. The number of unbranched alkanes of at least 4 members (excludes halogenated alkanes) is 1. The van der Waals surface area contributed by atoms with Gasteiger partial charge in [-0.25, -0.2) is 0 Å². The number of halogens is 2. The Morgan fingerprint density at radius 1 is 1.05 bits per heavy atom. The van der Waals surface area contributed by atoms with Gasteiger partial charge in [-0.05, 0) is 41.7 Å². The Bertz CT molecular complexity index is 405. The van der Waals surface area contributed by atoms with Crippen LogP contribution in [0.4, 0.5) is 0 Å². The average Bonchev–Trinajstić information content (AvgIpc) is 2.47. The van der Waals surface area contributed by atoms with Gasteiger partial charge in [0.05, 0.1) is 0 Å². The predicted octanol–water partition coefficient (Wildman–Crippen LogP) is 7.22. The Morgan fingerprint density at radius 3 is 2.38 bits per heavy atom. The molecule has 0 atom stereocenters. The van der Waals surface area contributed by atoms with Crippen LogP contribution in [-0.2, 0) is 5.75 Å². The third-order valence-corrected chi connectivity index (χ3v) is 6.37. The Labute approximate surface area is 144 Å². The van der Waals surface area contributed by atoms with Crippen LogP contribution in [0.5, 0.6) is 0 Å². The molecular formula is C18H26Cl2S. The summed E-state index contributed by atoms with van der Waals surface area (Å²) in [7, 11) is 0. The van der Waals surface area contributed by atoms with Crippen molar-refractivity contribution in [3.63, 3.8) is 0 Å². The molecule has 1 aliphatic rings. The quantitative estimate of drug-likeness (QED) is 0.470. The van der Waals surface area contributed by atoms with E-state index in [-0.39, 0.29) is 0 Å². The normalized spacial score (nSPS) is 22.4. The van der Waals surface area contributed by atoms with Crippen molar-refractivity contribution in [1.29, 1.82) is 0 Å². The van der Waals surface area contributed by atoms with Crippen LogP contribution in [0.2, 0.25) is 10.0 Å². The first-order valence-corrected chi connectivity index (χ1v) is 10.1. The highest BCUT2D eigenvalue weighted by molar-refractivity contribution is 7.98. The van der Waals surface area contributed by atoms with E-state index in [4.69, 9.17) is 23.2 Å². The van der Waals surface area contributed by atoms with Gasteiger partial charge in [0, 0.05) is 15.8 Å². The number of benzene rings is 1. The van der Waals surface area contributed by atoms with Crippen LogP contribution in [0, 0.1) is 11.8 Å². The molecule has 0 heterocycles. The molecule has 0 unspecified atom stereocenters. The molecule has 1 saturated carbocycles. The van der Waals surface area contributed by atoms with Gasteiger partial charge in [0.2, 0.25) is 0 Å². The van der Waals surface area contributed by atoms with E-state index in [1.165, 1.54) is 50.7 Å². The van der Waals surface area contributed by atoms with Crippen molar-refractivity contribution in [1.82, 2.24) is 0 Å². The van der Waals surface area contributed by atoms with E-state index in [2.05, 4.69) is 6.92 Å². The molecule has 0 N–H and O–H groups in total. The van der Waals surface area contributed by atoms with E-state index >= 15 is 0 Å². The molecule has 21 heavy (non-hydrogen) atoms. The first-order valence-electron chi connectivity index (χ1n) is 8.17. The summed E-state index contributed by atoms with van der Waals surface area (Å²) in [5, 5.41) is 1.60. The lowest BCUT2D eigenvalue weighted by atomic mass is 9.81. The number of thioether (sulfide) groups is 1. The largest absolute Gasteiger partial charge is 0.157 e. The van der Waals surface area contributed by atoms with Crippen molar-refractivity contribution < 1.29 is 0 Å². The maximum absolute atomic E-state index is 6.19. The fourth-order valence-electron chi connectivity index (χ4n) is 3.10. The van der Waals surface area contributed by atoms with E-state index in [0.29, 0.717) is 0 Å². The summed E-state index contributed by atoms with van der Waals surface area (Å²) in [6.07, 6.45) is 9.95. The van der Waals surface area contributed by atoms with E-state index in [1.807, 2.05) is 30.0 Å². The minimum Gasteiger partial charge on any atom is -0.157 e. The lowest BCUT2D eigenvalue weighted by Crippen LogP contribution is -2.12. The minimum atomic E-state index is 0.798. The fraction of sp³-hybridized carbons (Fsp3) is 0.667. The molecule has 0 amide bonds. The second-order valence-electron chi connectivity index (χ2n) is 6.37. The van der Waals surface area contributed by atoms with Crippen LogP contribution >= 0.6 is 35.0 Å². The van der Waals surface area contributed by atoms with Crippen molar-refractivity contribution in [2.45, 2.75) is 57.6 Å². The van der Waals surface area contributed by atoms with Gasteiger partial charge in [0.15, 0.2) is 0 Å². The molecule has 1 fully saturated rings. The van der Waals surface area contributed by atoms with Gasteiger partial charge >= 0.3 is 0 Å². The molecule has 0 nitrogen and oxygen atoms in total. The van der Waals surface area contributed by atoms with Crippen molar-refractivity contribution >= 4 is 35.0 Å². The second-order valence-corrected chi connectivity index (χ2v) is 8.29. The van der Waals surface area contributed by atoms with Crippen molar-refractivity contribution in [3.05, 3.63) is 33.8 Å². The highest BCUT2D eigenvalue weighted by atomic mass is 35.5. The summed E-state index contributed by atoms with van der Waals surface area (Å²) in [5.74, 6) is 4.12. The monoisotopic (exact) mass is 344 g/mol. The van der Waals surface area contributed by atoms with E-state index in [9.17, 15) is 0 Å². The first kappa shape index (κ1) is 17.5. The minimum absolute atomic E-state index is 0.798. The molecule has 1 aromatic carbocycles. The Balaban J connectivity index is 1.56. The first-order chi connectivity index (χ1) is 10.2. The van der Waals surface area contributed by atoms with Gasteiger partial charge in [-0.2, -0.15) is 11.8 Å². The Hall–Kier alpha value is 0.150. The fourth-order valence-corrected chi connectivity index (χ4v) is 4.86. The van der Waals surface area contributed by atoms with Crippen molar-refractivity contribution in [2.75, 3.05) is 5.75 Å². The molecule has 1 aliphatic carbocycles. The van der Waals surface area contributed by atoms with Gasteiger partial charge < -0.3 is 0 Å². The predicted molar refractivity (Wildman–Crippen MR) is 97.6 cm³/mol. The van der Waals surface area contributed by atoms with E-state index in [0.717, 1.165) is 33.2 Å². The number of rotatable bonds is 7. The van der Waals surface area contributed by atoms with Gasteiger partial charge in [0.1, 0.15) is 0 Å². The van der Waals surface area contributed by atoms with Crippen LogP contribution in [0.15, 0.2) is 18.2 Å². The number of hydrogen-bond acceptors (Lipinski definition) is 1. The topological polar surface area (TPSA) is 0 Å². The van der Waals surface area contributed by atoms with Crippen molar-refractivity contribution in [3.8, 4) is 0 Å². The summed E-state index contributed by atoms with van der Waals surface area (Å²) in [4.78, 5) is 0. The third-order valence-electron chi connectivity index (χ3n) is 4.59. The highest BCUT2D eigenvalue weighted by Gasteiger charge is 2.17. The zero-order valence-electron chi connectivity index (χ0n) is 12.9. The van der Waals surface area contributed by atoms with Gasteiger partial charge in [-0.15, -0.1) is 0 Å². The summed E-state index contributed by atoms with van der Waals surface area (Å²) in [6, 6.07) is 5.75. The molecule has 0 radical (unpaired) electrons. The lowest BCUT2D eigenvalue weighted by Gasteiger charge is -2.25. The van der Waals surface area contributed by atoms with Gasteiger partial charge in [-0.1, -0.05) is 74.7 Å². The summed E-state index contributed by atoms with van der Waals surface area (Å²) in [6.45, 7) is 2.40. The SMILES string of the molecule is CC1CCC(CCCCSCc2c(Cl)cccc2Cl)CC1. The van der Waals surface area contributed by atoms with Gasteiger partial charge in [0.25, 0.3) is 0 Å². The lowest BCUT2D eigenvalue weighted by molar-refractivity contribution is 0.273. The molecule has 0 spiro atoms. The average molecular weight is 345 g/mol. The molecule has 0 aliphatic heterocycles. The molecule has 0 bridgehead atoms. The molecule has 118 valence electrons. The van der Waals surface area contributed by atoms with E-state index < -0.39 is 0 Å². The Morgan fingerprint density at radius 2 is 1.71 bits per heavy atom. The third kappa shape index (κ3) is 6.04. The molecule has 3 heteroatoms. The van der Waals surface area contributed by atoms with Crippen LogP contribution < -0.4 is 0 Å². The summed E-state index contributed by atoms with van der Waals surface area (Å²) in [5.41, 5.74) is 1.09. The number of hydrogen-bond donors (Lipinski definition) is 0. The highest BCUT2D eigenvalue weighted by Crippen LogP contribution is 2.32. The summed E-state index contributed by atoms with van der Waals surface area (Å²) < 4.78 is 0. The zero-order chi connectivity index (χ0) is 15.1. The van der Waals surface area contributed by atoms with Crippen LogP contribution in [0.1, 0.15) is 57.4 Å². The van der Waals surface area contributed by atoms with Crippen LogP contribution in [0.25, 0.3) is 0 Å². The van der Waals surface area contributed by atoms with Crippen LogP contribution in [-0.4, -0.2) is 5.75 Å². The molecule has 1 aromatic rings. The van der Waals surface area contributed by atoms with Crippen LogP contribution in [0.3, 0.4) is 0 Å². The molecule has 0 saturated heterocycles. The molecular weight excluding hydrogens is 319 g/mol. The second kappa shape index (κ2) is 9.33. The maximum Gasteiger partial charge on any atom is 0.0461 e. The standard InChI is InChI=1S/C18H26Cl2S/c1-14-8-10-15(11-9-14)5-2-3-12-21-13-16-17(19)6-4-7-18(16)20/h4,6-7,14-15H,2-3,5,8-13H2,1H3. The van der Waals surface area contributed by atoms with Crippen molar-refractivity contribution in [2.24, 2.45) is 11.8 Å².